The number of ether oxygens (including phenoxy) is 2. The maximum absolute atomic E-state index is 12.6. The van der Waals surface area contributed by atoms with E-state index in [-0.39, 0.29) is 12.5 Å². The van der Waals surface area contributed by atoms with Gasteiger partial charge in [0.15, 0.2) is 0 Å². The number of carbonyl (C=O) groups is 1. The standard InChI is InChI=1S/C22H28N2O4/c1-17-4-3-5-21(14-17)28-16-19(25)15-23-10-12-24(13-11-23)22(26)18-6-8-20(27-2)9-7-18/h3-9,14,19,25H,10-13,15-16H2,1-2H3/p+1. The Bertz CT molecular complexity index is 770. The van der Waals surface area contributed by atoms with E-state index in [1.807, 2.05) is 36.1 Å². The van der Waals surface area contributed by atoms with Crippen molar-refractivity contribution in [2.24, 2.45) is 0 Å². The topological polar surface area (TPSA) is 63.4 Å². The van der Waals surface area contributed by atoms with Crippen molar-refractivity contribution in [3.63, 3.8) is 0 Å². The second kappa shape index (κ2) is 9.57. The summed E-state index contributed by atoms with van der Waals surface area (Å²) in [6, 6.07) is 15.0. The number of amides is 1. The molecule has 0 aromatic heterocycles. The maximum Gasteiger partial charge on any atom is 0.254 e. The molecule has 1 fully saturated rings. The molecule has 6 nitrogen and oxygen atoms in total. The zero-order valence-corrected chi connectivity index (χ0v) is 16.6. The van der Waals surface area contributed by atoms with E-state index in [1.54, 1.807) is 31.4 Å². The highest BCUT2D eigenvalue weighted by Crippen LogP contribution is 2.14. The summed E-state index contributed by atoms with van der Waals surface area (Å²) < 4.78 is 10.8. The van der Waals surface area contributed by atoms with Crippen LogP contribution in [0.2, 0.25) is 0 Å². The van der Waals surface area contributed by atoms with Crippen LogP contribution in [0.3, 0.4) is 0 Å². The van der Waals surface area contributed by atoms with Gasteiger partial charge in [0.25, 0.3) is 5.91 Å². The fraction of sp³-hybridized carbons (Fsp3) is 0.409. The summed E-state index contributed by atoms with van der Waals surface area (Å²) in [6.07, 6.45) is -0.528. The molecule has 0 saturated carbocycles. The highest BCUT2D eigenvalue weighted by Gasteiger charge is 2.26. The third-order valence-electron chi connectivity index (χ3n) is 5.05. The molecular formula is C22H29N2O4+. The Morgan fingerprint density at radius 3 is 2.50 bits per heavy atom. The number of methoxy groups -OCH3 is 1. The molecule has 1 amide bonds. The molecule has 1 aliphatic rings. The summed E-state index contributed by atoms with van der Waals surface area (Å²) in [5, 5.41) is 10.3. The highest BCUT2D eigenvalue weighted by molar-refractivity contribution is 5.94. The van der Waals surface area contributed by atoms with Gasteiger partial charge in [0.1, 0.15) is 30.8 Å². The average Bonchev–Trinajstić information content (AvgIpc) is 2.72. The van der Waals surface area contributed by atoms with Crippen molar-refractivity contribution in [2.45, 2.75) is 13.0 Å². The van der Waals surface area contributed by atoms with Crippen LogP contribution in [0.1, 0.15) is 15.9 Å². The van der Waals surface area contributed by atoms with Gasteiger partial charge in [-0.3, -0.25) is 4.79 Å². The molecule has 2 aromatic carbocycles. The van der Waals surface area contributed by atoms with Crippen molar-refractivity contribution in [1.29, 1.82) is 0 Å². The van der Waals surface area contributed by atoms with E-state index >= 15 is 0 Å². The van der Waals surface area contributed by atoms with E-state index in [0.29, 0.717) is 25.2 Å². The van der Waals surface area contributed by atoms with Gasteiger partial charge >= 0.3 is 0 Å². The first kappa shape index (κ1) is 20.2. The van der Waals surface area contributed by atoms with Crippen LogP contribution in [0.5, 0.6) is 11.5 Å². The third kappa shape index (κ3) is 5.47. The van der Waals surface area contributed by atoms with Gasteiger partial charge in [-0.2, -0.15) is 0 Å². The van der Waals surface area contributed by atoms with E-state index < -0.39 is 6.10 Å². The number of rotatable bonds is 7. The van der Waals surface area contributed by atoms with Crippen LogP contribution in [-0.4, -0.2) is 68.5 Å². The van der Waals surface area contributed by atoms with Crippen molar-refractivity contribution >= 4 is 5.91 Å². The number of benzene rings is 2. The predicted molar refractivity (Wildman–Crippen MR) is 107 cm³/mol. The number of hydrogen-bond donors (Lipinski definition) is 2. The van der Waals surface area contributed by atoms with Crippen molar-refractivity contribution in [1.82, 2.24) is 4.90 Å². The number of aryl methyl sites for hydroxylation is 1. The van der Waals surface area contributed by atoms with E-state index in [9.17, 15) is 9.90 Å². The smallest absolute Gasteiger partial charge is 0.254 e. The van der Waals surface area contributed by atoms with Crippen LogP contribution < -0.4 is 14.4 Å². The first-order chi connectivity index (χ1) is 13.5. The second-order valence-corrected chi connectivity index (χ2v) is 7.26. The summed E-state index contributed by atoms with van der Waals surface area (Å²) in [6.45, 7) is 5.93. The molecule has 1 unspecified atom stereocenters. The molecular weight excluding hydrogens is 356 g/mol. The summed E-state index contributed by atoms with van der Waals surface area (Å²) in [7, 11) is 1.61. The third-order valence-corrected chi connectivity index (χ3v) is 5.05. The number of aliphatic hydroxyl groups is 1. The van der Waals surface area contributed by atoms with E-state index in [1.165, 1.54) is 4.90 Å². The number of piperazine rings is 1. The lowest BCUT2D eigenvalue weighted by molar-refractivity contribution is -0.907. The first-order valence-electron chi connectivity index (χ1n) is 9.69. The minimum absolute atomic E-state index is 0.0463. The molecule has 2 N–H and O–H groups in total. The molecule has 0 bridgehead atoms. The lowest BCUT2D eigenvalue weighted by Gasteiger charge is -2.33. The Morgan fingerprint density at radius 2 is 1.86 bits per heavy atom. The van der Waals surface area contributed by atoms with Gasteiger partial charge in [0.05, 0.1) is 33.3 Å². The van der Waals surface area contributed by atoms with Gasteiger partial charge in [-0.05, 0) is 48.9 Å². The Hall–Kier alpha value is -2.57. The van der Waals surface area contributed by atoms with Crippen LogP contribution >= 0.6 is 0 Å². The molecule has 1 heterocycles. The molecule has 0 aliphatic carbocycles. The molecule has 1 aliphatic heterocycles. The van der Waals surface area contributed by atoms with E-state index in [2.05, 4.69) is 0 Å². The zero-order valence-electron chi connectivity index (χ0n) is 16.6. The quantitative estimate of drug-likeness (QED) is 0.740. The van der Waals surface area contributed by atoms with Gasteiger partial charge in [0, 0.05) is 5.56 Å². The zero-order chi connectivity index (χ0) is 19.9. The second-order valence-electron chi connectivity index (χ2n) is 7.26. The number of nitrogens with one attached hydrogen (secondary N) is 1. The van der Waals surface area contributed by atoms with Crippen molar-refractivity contribution < 1.29 is 24.3 Å². The fourth-order valence-corrected chi connectivity index (χ4v) is 3.44. The SMILES string of the molecule is COc1ccc(C(=O)N2CC[NH+](CC(O)COc3cccc(C)c3)CC2)cc1. The molecule has 1 saturated heterocycles. The molecule has 6 heteroatoms. The summed E-state index contributed by atoms with van der Waals surface area (Å²) in [5.74, 6) is 1.57. The molecule has 3 rings (SSSR count). The van der Waals surface area contributed by atoms with Crippen molar-refractivity contribution in [2.75, 3.05) is 46.4 Å². The number of hydrogen-bond acceptors (Lipinski definition) is 4. The number of nitrogens with zero attached hydrogens (tertiary/aromatic N) is 1. The number of carbonyl (C=O) groups excluding carboxylic acids is 1. The Morgan fingerprint density at radius 1 is 1.14 bits per heavy atom. The number of aliphatic hydroxyl groups excluding tert-OH is 1. The van der Waals surface area contributed by atoms with E-state index in [4.69, 9.17) is 9.47 Å². The van der Waals surface area contributed by atoms with E-state index in [0.717, 1.165) is 30.2 Å². The Labute approximate surface area is 166 Å². The van der Waals surface area contributed by atoms with Gasteiger partial charge < -0.3 is 24.4 Å². The largest absolute Gasteiger partial charge is 0.497 e. The van der Waals surface area contributed by atoms with Gasteiger partial charge in [-0.15, -0.1) is 0 Å². The van der Waals surface area contributed by atoms with Crippen LogP contribution in [-0.2, 0) is 0 Å². The molecule has 2 aromatic rings. The monoisotopic (exact) mass is 385 g/mol. The lowest BCUT2D eigenvalue weighted by Crippen LogP contribution is -3.16. The van der Waals surface area contributed by atoms with Crippen molar-refractivity contribution in [3.05, 3.63) is 59.7 Å². The lowest BCUT2D eigenvalue weighted by atomic mass is 10.1. The van der Waals surface area contributed by atoms with Crippen LogP contribution in [0.15, 0.2) is 48.5 Å². The predicted octanol–water partition coefficient (Wildman–Crippen LogP) is 0.784. The van der Waals surface area contributed by atoms with Crippen LogP contribution in [0.25, 0.3) is 0 Å². The van der Waals surface area contributed by atoms with Gasteiger partial charge in [-0.1, -0.05) is 12.1 Å². The molecule has 0 radical (unpaired) electrons. The highest BCUT2D eigenvalue weighted by atomic mass is 16.5. The molecule has 150 valence electrons. The molecule has 0 spiro atoms. The Kier molecular flexibility index (Phi) is 6.90. The van der Waals surface area contributed by atoms with Crippen molar-refractivity contribution in [3.8, 4) is 11.5 Å². The summed E-state index contributed by atoms with van der Waals surface area (Å²) in [4.78, 5) is 15.8. The minimum atomic E-state index is -0.528. The summed E-state index contributed by atoms with van der Waals surface area (Å²) in [5.41, 5.74) is 1.81. The maximum atomic E-state index is 12.6. The molecule has 28 heavy (non-hydrogen) atoms. The number of quaternary nitrogens is 1. The first-order valence-corrected chi connectivity index (χ1v) is 9.69. The normalized spacial score (nSPS) is 15.9. The van der Waals surface area contributed by atoms with Crippen LogP contribution in [0.4, 0.5) is 0 Å². The minimum Gasteiger partial charge on any atom is -0.497 e. The summed E-state index contributed by atoms with van der Waals surface area (Å²) >= 11 is 0. The van der Waals surface area contributed by atoms with Gasteiger partial charge in [0.2, 0.25) is 0 Å². The Balaban J connectivity index is 1.42. The van der Waals surface area contributed by atoms with Gasteiger partial charge in [-0.25, -0.2) is 0 Å². The molecule has 1 atom stereocenters. The fourth-order valence-electron chi connectivity index (χ4n) is 3.44. The van der Waals surface area contributed by atoms with Crippen LogP contribution in [0, 0.1) is 6.92 Å². The average molecular weight is 385 g/mol.